The van der Waals surface area contributed by atoms with E-state index in [1.165, 1.54) is 5.56 Å². The van der Waals surface area contributed by atoms with Crippen molar-refractivity contribution in [3.63, 3.8) is 0 Å². The lowest BCUT2D eigenvalue weighted by molar-refractivity contribution is 0.180. The first-order chi connectivity index (χ1) is 15.6. The number of ether oxygens (including phenoxy) is 3. The topological polar surface area (TPSA) is 67.4 Å². The fourth-order valence-electron chi connectivity index (χ4n) is 3.89. The van der Waals surface area contributed by atoms with Gasteiger partial charge in [0.15, 0.2) is 17.5 Å². The molecule has 0 saturated carbocycles. The highest BCUT2D eigenvalue weighted by molar-refractivity contribution is 5.93. The van der Waals surface area contributed by atoms with Crippen LogP contribution in [0.3, 0.4) is 0 Å². The van der Waals surface area contributed by atoms with E-state index in [1.54, 1.807) is 21.3 Å². The highest BCUT2D eigenvalue weighted by Gasteiger charge is 2.19. The highest BCUT2D eigenvalue weighted by Crippen LogP contribution is 2.29. The first kappa shape index (κ1) is 23.7. The number of rotatable bonds is 9. The van der Waals surface area contributed by atoms with Gasteiger partial charge >= 0.3 is 0 Å². The molecule has 0 radical (unpaired) electrons. The predicted molar refractivity (Wildman–Crippen MR) is 130 cm³/mol. The van der Waals surface area contributed by atoms with Gasteiger partial charge in [-0.2, -0.15) is 0 Å². The molecule has 1 saturated heterocycles. The molecule has 0 spiro atoms. The van der Waals surface area contributed by atoms with E-state index in [9.17, 15) is 0 Å². The van der Waals surface area contributed by atoms with Crippen molar-refractivity contribution >= 4 is 11.6 Å². The summed E-state index contributed by atoms with van der Waals surface area (Å²) in [5, 5.41) is 6.71. The molecule has 0 amide bonds. The zero-order chi connectivity index (χ0) is 22.8. The molecular formula is C25H36N4O3. The van der Waals surface area contributed by atoms with Crippen LogP contribution in [-0.4, -0.2) is 58.4 Å². The fraction of sp³-hybridized carbons (Fsp3) is 0.480. The Bertz CT molecular complexity index is 862. The third-order valence-electron chi connectivity index (χ3n) is 5.77. The van der Waals surface area contributed by atoms with Gasteiger partial charge in [-0.3, -0.25) is 9.89 Å². The number of benzene rings is 2. The minimum absolute atomic E-state index is 0.600. The van der Waals surface area contributed by atoms with Gasteiger partial charge in [0.2, 0.25) is 0 Å². The maximum Gasteiger partial charge on any atom is 0.195 e. The van der Waals surface area contributed by atoms with Gasteiger partial charge in [0, 0.05) is 31.4 Å². The summed E-state index contributed by atoms with van der Waals surface area (Å²) in [6.45, 7) is 6.89. The molecule has 7 heteroatoms. The molecule has 1 aliphatic heterocycles. The average molecular weight is 441 g/mol. The van der Waals surface area contributed by atoms with Gasteiger partial charge < -0.3 is 24.8 Å². The minimum Gasteiger partial charge on any atom is -0.497 e. The lowest BCUT2D eigenvalue weighted by Crippen LogP contribution is -2.35. The number of anilines is 1. The summed E-state index contributed by atoms with van der Waals surface area (Å²) in [6.07, 6.45) is 2.32. The van der Waals surface area contributed by atoms with Crippen LogP contribution in [0.4, 0.5) is 5.69 Å². The van der Waals surface area contributed by atoms with E-state index in [1.807, 2.05) is 30.3 Å². The Morgan fingerprint density at radius 3 is 2.31 bits per heavy atom. The Kier molecular flexibility index (Phi) is 9.04. The van der Waals surface area contributed by atoms with Crippen LogP contribution >= 0.6 is 0 Å². The van der Waals surface area contributed by atoms with Crippen LogP contribution in [0.5, 0.6) is 17.2 Å². The number of nitrogens with zero attached hydrogens (tertiary/aromatic N) is 2. The summed E-state index contributed by atoms with van der Waals surface area (Å²) < 4.78 is 16.0. The van der Waals surface area contributed by atoms with Gasteiger partial charge in [-0.05, 0) is 68.6 Å². The Morgan fingerprint density at radius 1 is 0.969 bits per heavy atom. The summed E-state index contributed by atoms with van der Waals surface area (Å²) in [5.74, 6) is 3.70. The number of aliphatic imine (C=N–C) groups is 1. The molecule has 2 aromatic rings. The monoisotopic (exact) mass is 440 g/mol. The molecule has 0 bridgehead atoms. The van der Waals surface area contributed by atoms with Gasteiger partial charge in [0.1, 0.15) is 5.75 Å². The van der Waals surface area contributed by atoms with E-state index in [0.717, 1.165) is 63.0 Å². The van der Waals surface area contributed by atoms with Crippen molar-refractivity contribution in [3.05, 3.63) is 48.0 Å². The number of nitrogens with one attached hydrogen (secondary N) is 2. The normalized spacial score (nSPS) is 15.3. The number of methoxy groups -OCH3 is 3. The molecule has 1 heterocycles. The summed E-state index contributed by atoms with van der Waals surface area (Å²) in [6, 6.07) is 14.1. The van der Waals surface area contributed by atoms with Crippen LogP contribution in [0, 0.1) is 5.92 Å². The van der Waals surface area contributed by atoms with Gasteiger partial charge in [-0.15, -0.1) is 0 Å². The maximum atomic E-state index is 5.40. The van der Waals surface area contributed by atoms with E-state index in [0.29, 0.717) is 17.4 Å². The molecule has 0 unspecified atom stereocenters. The van der Waals surface area contributed by atoms with Crippen LogP contribution in [0.15, 0.2) is 47.5 Å². The number of hydrogen-bond donors (Lipinski definition) is 2. The van der Waals surface area contributed by atoms with Crippen molar-refractivity contribution in [2.24, 2.45) is 10.9 Å². The first-order valence-electron chi connectivity index (χ1n) is 11.3. The summed E-state index contributed by atoms with van der Waals surface area (Å²) >= 11 is 0. The lowest BCUT2D eigenvalue weighted by atomic mass is 9.96. The molecule has 1 fully saturated rings. The molecule has 174 valence electrons. The number of guanidine groups is 1. The van der Waals surface area contributed by atoms with E-state index in [2.05, 4.69) is 34.6 Å². The van der Waals surface area contributed by atoms with Crippen molar-refractivity contribution in [1.82, 2.24) is 10.2 Å². The van der Waals surface area contributed by atoms with Crippen molar-refractivity contribution in [3.8, 4) is 17.2 Å². The second-order valence-corrected chi connectivity index (χ2v) is 7.98. The summed E-state index contributed by atoms with van der Waals surface area (Å²) in [7, 11) is 4.98. The molecular weight excluding hydrogens is 404 g/mol. The van der Waals surface area contributed by atoms with Crippen molar-refractivity contribution in [2.45, 2.75) is 26.3 Å². The van der Waals surface area contributed by atoms with Gasteiger partial charge in [0.05, 0.1) is 21.3 Å². The smallest absolute Gasteiger partial charge is 0.195 e. The predicted octanol–water partition coefficient (Wildman–Crippen LogP) is 4.00. The van der Waals surface area contributed by atoms with Crippen LogP contribution in [0.1, 0.15) is 25.3 Å². The Labute approximate surface area is 191 Å². The SMILES string of the molecule is CCNC(=NCC1CCN(Cc2ccc(OC)cc2)CC1)Nc1ccc(OC)c(OC)c1. The first-order valence-corrected chi connectivity index (χ1v) is 11.3. The largest absolute Gasteiger partial charge is 0.497 e. The van der Waals surface area contributed by atoms with E-state index >= 15 is 0 Å². The third-order valence-corrected chi connectivity index (χ3v) is 5.77. The summed E-state index contributed by atoms with van der Waals surface area (Å²) in [5.41, 5.74) is 2.24. The molecule has 3 rings (SSSR count). The van der Waals surface area contributed by atoms with Gasteiger partial charge in [0.25, 0.3) is 0 Å². The number of piperidine rings is 1. The molecule has 2 N–H and O–H groups in total. The molecule has 0 aliphatic carbocycles. The zero-order valence-corrected chi connectivity index (χ0v) is 19.7. The molecule has 7 nitrogen and oxygen atoms in total. The van der Waals surface area contributed by atoms with Gasteiger partial charge in [-0.25, -0.2) is 0 Å². The molecule has 0 aromatic heterocycles. The second kappa shape index (κ2) is 12.2. The Morgan fingerprint density at radius 2 is 1.69 bits per heavy atom. The van der Waals surface area contributed by atoms with Crippen molar-refractivity contribution < 1.29 is 14.2 Å². The molecule has 0 atom stereocenters. The fourth-order valence-corrected chi connectivity index (χ4v) is 3.89. The molecule has 2 aromatic carbocycles. The van der Waals surface area contributed by atoms with Crippen molar-refractivity contribution in [1.29, 1.82) is 0 Å². The van der Waals surface area contributed by atoms with Gasteiger partial charge in [-0.1, -0.05) is 12.1 Å². The van der Waals surface area contributed by atoms with Crippen LogP contribution in [-0.2, 0) is 6.54 Å². The Balaban J connectivity index is 1.51. The minimum atomic E-state index is 0.600. The van der Waals surface area contributed by atoms with Crippen LogP contribution in [0.2, 0.25) is 0 Å². The Hall–Kier alpha value is -2.93. The number of likely N-dealkylation sites (tertiary alicyclic amines) is 1. The van der Waals surface area contributed by atoms with Crippen LogP contribution < -0.4 is 24.8 Å². The maximum absolute atomic E-state index is 5.40. The van der Waals surface area contributed by atoms with E-state index < -0.39 is 0 Å². The average Bonchev–Trinajstić information content (AvgIpc) is 2.84. The number of hydrogen-bond acceptors (Lipinski definition) is 5. The third kappa shape index (κ3) is 6.79. The summed E-state index contributed by atoms with van der Waals surface area (Å²) in [4.78, 5) is 7.37. The van der Waals surface area contributed by atoms with E-state index in [-0.39, 0.29) is 0 Å². The highest BCUT2D eigenvalue weighted by atomic mass is 16.5. The lowest BCUT2D eigenvalue weighted by Gasteiger charge is -2.31. The quantitative estimate of drug-likeness (QED) is 0.454. The molecule has 1 aliphatic rings. The van der Waals surface area contributed by atoms with Crippen molar-refractivity contribution in [2.75, 3.05) is 52.8 Å². The zero-order valence-electron chi connectivity index (χ0n) is 19.7. The van der Waals surface area contributed by atoms with Crippen LogP contribution in [0.25, 0.3) is 0 Å². The molecule has 32 heavy (non-hydrogen) atoms. The second-order valence-electron chi connectivity index (χ2n) is 7.98. The standard InChI is InChI=1S/C25H36N4O3/c1-5-26-25(28-21-8-11-23(31-3)24(16-21)32-4)27-17-19-12-14-29(15-13-19)18-20-6-9-22(30-2)10-7-20/h6-11,16,19H,5,12-15,17-18H2,1-4H3,(H2,26,27,28). The van der Waals surface area contributed by atoms with E-state index in [4.69, 9.17) is 19.2 Å².